The summed E-state index contributed by atoms with van der Waals surface area (Å²) in [5.41, 5.74) is 14.9. The Labute approximate surface area is 423 Å². The number of fused-ring (bicyclic) bond motifs is 9. The van der Waals surface area contributed by atoms with Gasteiger partial charge in [-0.25, -0.2) is 0 Å². The summed E-state index contributed by atoms with van der Waals surface area (Å²) in [6, 6.07) is 53.5. The molecule has 0 unspecified atom stereocenters. The van der Waals surface area contributed by atoms with Crippen LogP contribution in [0.4, 0.5) is 0 Å². The van der Waals surface area contributed by atoms with Gasteiger partial charge in [0.1, 0.15) is 5.75 Å². The van der Waals surface area contributed by atoms with Crippen LogP contribution in [0.2, 0.25) is 0 Å². The first-order chi connectivity index (χ1) is 35.1. The van der Waals surface area contributed by atoms with Gasteiger partial charge in [-0.05, 0) is 108 Å². The summed E-state index contributed by atoms with van der Waals surface area (Å²) in [6.07, 6.45) is 23.2. The van der Waals surface area contributed by atoms with E-state index < -0.39 is 0 Å². The summed E-state index contributed by atoms with van der Waals surface area (Å²) < 4.78 is 14.4. The number of aromatic nitrogens is 3. The van der Waals surface area contributed by atoms with E-state index in [1.807, 2.05) is 7.11 Å². The normalized spacial score (nSPS) is 12.0. The Morgan fingerprint density at radius 2 is 0.606 bits per heavy atom. The topological polar surface area (TPSA) is 24.0 Å². The van der Waals surface area contributed by atoms with E-state index in [0.29, 0.717) is 0 Å². The molecule has 0 radical (unpaired) electrons. The van der Waals surface area contributed by atoms with E-state index in [9.17, 15) is 0 Å². The molecule has 4 heteroatoms. The van der Waals surface area contributed by atoms with Gasteiger partial charge in [-0.3, -0.25) is 0 Å². The van der Waals surface area contributed by atoms with Crippen LogP contribution < -0.4 is 4.74 Å². The van der Waals surface area contributed by atoms with Crippen molar-refractivity contribution in [1.82, 2.24) is 13.7 Å². The zero-order valence-electron chi connectivity index (χ0n) is 43.4. The van der Waals surface area contributed by atoms with Gasteiger partial charge in [-0.15, -0.1) is 0 Å². The van der Waals surface area contributed by atoms with Gasteiger partial charge in [0.25, 0.3) is 0 Å². The first-order valence-corrected chi connectivity index (χ1v) is 27.9. The highest BCUT2D eigenvalue weighted by atomic mass is 16.5. The summed E-state index contributed by atoms with van der Waals surface area (Å²) >= 11 is 0. The highest BCUT2D eigenvalue weighted by Gasteiger charge is 2.21. The van der Waals surface area contributed by atoms with E-state index in [-0.39, 0.29) is 0 Å². The minimum atomic E-state index is 0.913. The number of methoxy groups -OCH3 is 1. The SMILES string of the molecule is CCCCCCCCn1c2ccccc2c2cc(-c3cc(-c4ccc5c(c4)c4ccccc4n5CCCCCCCC)c(OC)c(-c4ccc5c(c4)c4ccccc4n5CCCCCCCC)c3)ccc21. The molecule has 71 heavy (non-hydrogen) atoms. The number of ether oxygens (including phenoxy) is 1. The van der Waals surface area contributed by atoms with Gasteiger partial charge in [0, 0.05) is 96.2 Å². The van der Waals surface area contributed by atoms with E-state index in [1.54, 1.807) is 0 Å². The molecule has 0 amide bonds. The molecule has 0 saturated carbocycles. The molecular formula is C67H77N3O. The van der Waals surface area contributed by atoms with Crippen molar-refractivity contribution in [2.24, 2.45) is 0 Å². The molecule has 3 heterocycles. The Morgan fingerprint density at radius 1 is 0.296 bits per heavy atom. The molecule has 0 aliphatic heterocycles. The molecule has 0 saturated heterocycles. The standard InChI is InChI=1S/C67H77N3O/c1-5-8-11-14-17-26-41-68-61-32-23-20-29-53(61)58-44-49(35-38-64(58)68)52-47-56(50-36-39-65-59(45-50)54-30-21-24-33-62(54)69(65)42-27-18-15-12-9-6-2)67(71-4)57(48-52)51-37-40-66-60(46-51)55-31-22-25-34-63(55)70(66)43-28-19-16-13-10-7-3/h20-25,29-40,44-48H,5-19,26-28,41-43H2,1-4H3. The molecule has 10 rings (SSSR count). The smallest absolute Gasteiger partial charge is 0.134 e. The molecule has 0 atom stereocenters. The highest BCUT2D eigenvalue weighted by molar-refractivity contribution is 6.12. The van der Waals surface area contributed by atoms with Crippen LogP contribution in [0.25, 0.3) is 98.8 Å². The number of aryl methyl sites for hydroxylation is 3. The third kappa shape index (κ3) is 10.0. The predicted octanol–water partition coefficient (Wildman–Crippen LogP) is 20.1. The van der Waals surface area contributed by atoms with Gasteiger partial charge in [-0.2, -0.15) is 0 Å². The number of hydrogen-bond donors (Lipinski definition) is 0. The number of para-hydroxylation sites is 3. The maximum Gasteiger partial charge on any atom is 0.134 e. The van der Waals surface area contributed by atoms with Crippen LogP contribution in [0.15, 0.2) is 140 Å². The predicted molar refractivity (Wildman–Crippen MR) is 308 cm³/mol. The average molecular weight is 940 g/mol. The summed E-state index contributed by atoms with van der Waals surface area (Å²) in [6.45, 7) is 10.0. The molecule has 0 aliphatic rings. The maximum absolute atomic E-state index is 6.66. The quantitative estimate of drug-likeness (QED) is 0.0524. The second-order valence-electron chi connectivity index (χ2n) is 20.6. The number of rotatable bonds is 25. The molecule has 366 valence electrons. The van der Waals surface area contributed by atoms with Gasteiger partial charge in [0.05, 0.1) is 7.11 Å². The molecule has 0 bridgehead atoms. The van der Waals surface area contributed by atoms with Crippen molar-refractivity contribution >= 4 is 65.4 Å². The third-order valence-electron chi connectivity index (χ3n) is 15.8. The Hall–Kier alpha value is -6.26. The molecule has 10 aromatic rings. The van der Waals surface area contributed by atoms with Gasteiger partial charge >= 0.3 is 0 Å². The van der Waals surface area contributed by atoms with Gasteiger partial charge in [-0.1, -0.05) is 190 Å². The molecule has 4 nitrogen and oxygen atoms in total. The molecule has 7 aromatic carbocycles. The fourth-order valence-electron chi connectivity index (χ4n) is 12.0. The van der Waals surface area contributed by atoms with E-state index in [0.717, 1.165) is 36.5 Å². The minimum absolute atomic E-state index is 0.913. The Bertz CT molecular complexity index is 3240. The van der Waals surface area contributed by atoms with Crippen molar-refractivity contribution in [3.05, 3.63) is 140 Å². The van der Waals surface area contributed by atoms with Crippen molar-refractivity contribution in [1.29, 1.82) is 0 Å². The lowest BCUT2D eigenvalue weighted by molar-refractivity contribution is 0.418. The van der Waals surface area contributed by atoms with Crippen molar-refractivity contribution < 1.29 is 4.74 Å². The monoisotopic (exact) mass is 940 g/mol. The summed E-state index contributed by atoms with van der Waals surface area (Å²) in [5.74, 6) is 0.913. The number of benzene rings is 7. The van der Waals surface area contributed by atoms with Gasteiger partial charge < -0.3 is 18.4 Å². The van der Waals surface area contributed by atoms with Crippen LogP contribution in [0, 0.1) is 0 Å². The first-order valence-electron chi connectivity index (χ1n) is 27.9. The van der Waals surface area contributed by atoms with Crippen LogP contribution in [0.1, 0.15) is 136 Å². The first kappa shape index (κ1) is 48.4. The zero-order valence-corrected chi connectivity index (χ0v) is 43.4. The molecule has 0 aliphatic carbocycles. The Balaban J connectivity index is 1.10. The second kappa shape index (κ2) is 22.9. The number of hydrogen-bond acceptors (Lipinski definition) is 1. The summed E-state index contributed by atoms with van der Waals surface area (Å²) in [7, 11) is 1.86. The number of unbranched alkanes of at least 4 members (excludes halogenated alkanes) is 15. The van der Waals surface area contributed by atoms with Gasteiger partial charge in [0.2, 0.25) is 0 Å². The molecule has 3 aromatic heterocycles. The van der Waals surface area contributed by atoms with E-state index in [1.165, 1.54) is 203 Å². The van der Waals surface area contributed by atoms with E-state index in [2.05, 4.69) is 174 Å². The van der Waals surface area contributed by atoms with Crippen LogP contribution in [-0.4, -0.2) is 20.8 Å². The van der Waals surface area contributed by atoms with Crippen LogP contribution in [0.3, 0.4) is 0 Å². The molecular weight excluding hydrogens is 863 g/mol. The molecule has 0 spiro atoms. The Kier molecular flexibility index (Phi) is 15.6. The van der Waals surface area contributed by atoms with Crippen molar-refractivity contribution in [2.75, 3.05) is 7.11 Å². The molecule has 0 fully saturated rings. The van der Waals surface area contributed by atoms with Crippen molar-refractivity contribution in [3.8, 4) is 39.1 Å². The van der Waals surface area contributed by atoms with E-state index in [4.69, 9.17) is 4.74 Å². The van der Waals surface area contributed by atoms with Crippen LogP contribution >= 0.6 is 0 Å². The largest absolute Gasteiger partial charge is 0.495 e. The number of nitrogens with zero attached hydrogens (tertiary/aromatic N) is 3. The van der Waals surface area contributed by atoms with Crippen LogP contribution in [-0.2, 0) is 19.6 Å². The fourth-order valence-corrected chi connectivity index (χ4v) is 12.0. The minimum Gasteiger partial charge on any atom is -0.495 e. The molecule has 0 N–H and O–H groups in total. The fraction of sp³-hybridized carbons (Fsp3) is 0.373. The lowest BCUT2D eigenvalue weighted by Crippen LogP contribution is -1.98. The third-order valence-corrected chi connectivity index (χ3v) is 15.8. The second-order valence-corrected chi connectivity index (χ2v) is 20.6. The van der Waals surface area contributed by atoms with E-state index >= 15 is 0 Å². The maximum atomic E-state index is 6.66. The average Bonchev–Trinajstić information content (AvgIpc) is 4.03. The zero-order chi connectivity index (χ0) is 48.5. The van der Waals surface area contributed by atoms with Gasteiger partial charge in [0.15, 0.2) is 0 Å². The lowest BCUT2D eigenvalue weighted by atomic mass is 9.90. The van der Waals surface area contributed by atoms with Crippen molar-refractivity contribution in [3.63, 3.8) is 0 Å². The van der Waals surface area contributed by atoms with Crippen LogP contribution in [0.5, 0.6) is 5.75 Å². The van der Waals surface area contributed by atoms with Crippen molar-refractivity contribution in [2.45, 2.75) is 156 Å². The highest BCUT2D eigenvalue weighted by Crippen LogP contribution is 2.46. The summed E-state index contributed by atoms with van der Waals surface area (Å²) in [5, 5.41) is 7.89. The summed E-state index contributed by atoms with van der Waals surface area (Å²) in [4.78, 5) is 0. The Morgan fingerprint density at radius 3 is 0.972 bits per heavy atom. The lowest BCUT2D eigenvalue weighted by Gasteiger charge is -2.18.